The van der Waals surface area contributed by atoms with Crippen LogP contribution in [0.5, 0.6) is 5.75 Å². The van der Waals surface area contributed by atoms with Crippen molar-refractivity contribution in [1.82, 2.24) is 9.80 Å². The van der Waals surface area contributed by atoms with Gasteiger partial charge in [0.05, 0.1) is 26.8 Å². The Morgan fingerprint density at radius 1 is 1.06 bits per heavy atom. The highest BCUT2D eigenvalue weighted by Gasteiger charge is 2.24. The van der Waals surface area contributed by atoms with Crippen molar-refractivity contribution in [2.24, 2.45) is 0 Å². The molecule has 32 heavy (non-hydrogen) atoms. The summed E-state index contributed by atoms with van der Waals surface area (Å²) in [5.74, 6) is -0.156. The molecular formula is C23H31N3O5S. The highest BCUT2D eigenvalue weighted by atomic mass is 32.1. The number of anilines is 1. The molecule has 1 aromatic heterocycles. The minimum absolute atomic E-state index is 0.0471. The van der Waals surface area contributed by atoms with E-state index in [1.807, 2.05) is 36.6 Å². The summed E-state index contributed by atoms with van der Waals surface area (Å²) in [6.45, 7) is 4.76. The molecule has 1 aromatic carbocycles. The molecule has 0 fully saturated rings. The molecule has 0 aliphatic rings. The van der Waals surface area contributed by atoms with E-state index in [1.54, 1.807) is 33.0 Å². The molecule has 0 unspecified atom stereocenters. The van der Waals surface area contributed by atoms with Crippen molar-refractivity contribution >= 4 is 34.1 Å². The molecule has 0 aliphatic heterocycles. The number of carbonyl (C=O) groups is 3. The van der Waals surface area contributed by atoms with Gasteiger partial charge in [0.2, 0.25) is 11.8 Å². The molecule has 2 rings (SSSR count). The van der Waals surface area contributed by atoms with Crippen molar-refractivity contribution < 1.29 is 23.9 Å². The predicted octanol–water partition coefficient (Wildman–Crippen LogP) is 3.34. The summed E-state index contributed by atoms with van der Waals surface area (Å²) in [7, 11) is 4.96. The molecule has 174 valence electrons. The standard InChI is InChI=1S/C23H31N3O5S/c1-6-12-26(14-20(28)25(3)4)13-19(27)24-22-21(23(29)31-7-2)18(15-32-22)16-8-10-17(30-5)11-9-16/h8-11,15H,6-7,12-14H2,1-5H3,(H,24,27). The zero-order chi connectivity index (χ0) is 23.7. The van der Waals surface area contributed by atoms with E-state index < -0.39 is 5.97 Å². The summed E-state index contributed by atoms with van der Waals surface area (Å²) in [5.41, 5.74) is 1.82. The van der Waals surface area contributed by atoms with Crippen LogP contribution >= 0.6 is 11.3 Å². The van der Waals surface area contributed by atoms with Crippen molar-refractivity contribution in [2.45, 2.75) is 20.3 Å². The number of carbonyl (C=O) groups excluding carboxylic acids is 3. The van der Waals surface area contributed by atoms with Crippen molar-refractivity contribution in [3.8, 4) is 16.9 Å². The first-order valence-electron chi connectivity index (χ1n) is 10.5. The summed E-state index contributed by atoms with van der Waals surface area (Å²) in [4.78, 5) is 40.9. The van der Waals surface area contributed by atoms with Crippen LogP contribution in [0.2, 0.25) is 0 Å². The summed E-state index contributed by atoms with van der Waals surface area (Å²) in [6.07, 6.45) is 0.808. The molecular weight excluding hydrogens is 430 g/mol. The largest absolute Gasteiger partial charge is 0.497 e. The third-order valence-corrected chi connectivity index (χ3v) is 5.58. The fourth-order valence-corrected chi connectivity index (χ4v) is 4.04. The van der Waals surface area contributed by atoms with Gasteiger partial charge in [-0.15, -0.1) is 11.3 Å². The summed E-state index contributed by atoms with van der Waals surface area (Å²) >= 11 is 1.27. The number of benzene rings is 1. The van der Waals surface area contributed by atoms with E-state index in [1.165, 1.54) is 16.2 Å². The first-order chi connectivity index (χ1) is 15.3. The molecule has 0 saturated heterocycles. The smallest absolute Gasteiger partial charge is 0.341 e. The van der Waals surface area contributed by atoms with Crippen LogP contribution in [0.25, 0.3) is 11.1 Å². The number of rotatable bonds is 11. The Bertz CT molecular complexity index is 924. The third kappa shape index (κ3) is 6.80. The van der Waals surface area contributed by atoms with E-state index in [4.69, 9.17) is 9.47 Å². The van der Waals surface area contributed by atoms with Crippen LogP contribution in [-0.4, -0.2) is 75.0 Å². The summed E-state index contributed by atoms with van der Waals surface area (Å²) in [5, 5.41) is 5.09. The minimum atomic E-state index is -0.497. The van der Waals surface area contributed by atoms with Crippen molar-refractivity contribution in [3.05, 3.63) is 35.2 Å². The van der Waals surface area contributed by atoms with Crippen molar-refractivity contribution in [2.75, 3.05) is 52.8 Å². The molecule has 0 radical (unpaired) electrons. The van der Waals surface area contributed by atoms with Gasteiger partial charge in [-0.05, 0) is 37.6 Å². The van der Waals surface area contributed by atoms with Crippen LogP contribution in [0, 0.1) is 0 Å². The monoisotopic (exact) mass is 461 g/mol. The number of esters is 1. The van der Waals surface area contributed by atoms with Gasteiger partial charge in [0.1, 0.15) is 16.3 Å². The Morgan fingerprint density at radius 3 is 2.31 bits per heavy atom. The van der Waals surface area contributed by atoms with E-state index in [2.05, 4.69) is 5.32 Å². The van der Waals surface area contributed by atoms with Gasteiger partial charge in [-0.1, -0.05) is 19.1 Å². The van der Waals surface area contributed by atoms with Crippen LogP contribution in [0.4, 0.5) is 5.00 Å². The Kier molecular flexibility index (Phi) is 9.67. The molecule has 1 heterocycles. The first-order valence-corrected chi connectivity index (χ1v) is 11.3. The maximum Gasteiger partial charge on any atom is 0.341 e. The predicted molar refractivity (Wildman–Crippen MR) is 126 cm³/mol. The topological polar surface area (TPSA) is 88.2 Å². The number of methoxy groups -OCH3 is 1. The van der Waals surface area contributed by atoms with Gasteiger partial charge in [-0.2, -0.15) is 0 Å². The minimum Gasteiger partial charge on any atom is -0.497 e. The molecule has 9 heteroatoms. The van der Waals surface area contributed by atoms with E-state index in [-0.39, 0.29) is 31.5 Å². The molecule has 0 aliphatic carbocycles. The second-order valence-electron chi connectivity index (χ2n) is 7.35. The van der Waals surface area contributed by atoms with Crippen molar-refractivity contribution in [1.29, 1.82) is 0 Å². The second kappa shape index (κ2) is 12.2. The highest BCUT2D eigenvalue weighted by Crippen LogP contribution is 2.36. The van der Waals surface area contributed by atoms with Crippen LogP contribution in [-0.2, 0) is 14.3 Å². The number of nitrogens with zero attached hydrogens (tertiary/aromatic N) is 2. The average molecular weight is 462 g/mol. The summed E-state index contributed by atoms with van der Waals surface area (Å²) < 4.78 is 10.4. The number of amides is 2. The molecule has 2 amide bonds. The van der Waals surface area contributed by atoms with Crippen molar-refractivity contribution in [3.63, 3.8) is 0 Å². The Hall–Kier alpha value is -2.91. The van der Waals surface area contributed by atoms with E-state index in [0.717, 1.165) is 12.0 Å². The van der Waals surface area contributed by atoms with Gasteiger partial charge in [0.15, 0.2) is 0 Å². The maximum absolute atomic E-state index is 12.8. The average Bonchev–Trinajstić information content (AvgIpc) is 3.17. The number of hydrogen-bond acceptors (Lipinski definition) is 7. The third-order valence-electron chi connectivity index (χ3n) is 4.69. The lowest BCUT2D eigenvalue weighted by atomic mass is 10.0. The second-order valence-corrected chi connectivity index (χ2v) is 8.23. The molecule has 0 saturated carbocycles. The fourth-order valence-electron chi connectivity index (χ4n) is 3.07. The molecule has 0 spiro atoms. The van der Waals surface area contributed by atoms with Crippen LogP contribution in [0.15, 0.2) is 29.6 Å². The van der Waals surface area contributed by atoms with E-state index >= 15 is 0 Å². The van der Waals surface area contributed by atoms with Crippen LogP contribution in [0.1, 0.15) is 30.6 Å². The number of ether oxygens (including phenoxy) is 2. The normalized spacial score (nSPS) is 10.7. The Morgan fingerprint density at radius 2 is 1.75 bits per heavy atom. The molecule has 0 atom stereocenters. The molecule has 0 bridgehead atoms. The number of likely N-dealkylation sites (N-methyl/N-ethyl adjacent to an activating group) is 1. The Labute approximate surface area is 193 Å². The van der Waals surface area contributed by atoms with Gasteiger partial charge in [0, 0.05) is 25.0 Å². The fraction of sp³-hybridized carbons (Fsp3) is 0.435. The lowest BCUT2D eigenvalue weighted by molar-refractivity contribution is -0.130. The maximum atomic E-state index is 12.8. The number of thiophene rings is 1. The SMILES string of the molecule is CCCN(CC(=O)Nc1scc(-c2ccc(OC)cc2)c1C(=O)OCC)CC(=O)N(C)C. The lowest BCUT2D eigenvalue weighted by Crippen LogP contribution is -2.41. The highest BCUT2D eigenvalue weighted by molar-refractivity contribution is 7.15. The van der Waals surface area contributed by atoms with E-state index in [9.17, 15) is 14.4 Å². The quantitative estimate of drug-likeness (QED) is 0.517. The van der Waals surface area contributed by atoms with Gasteiger partial charge < -0.3 is 19.7 Å². The number of nitrogens with one attached hydrogen (secondary N) is 1. The van der Waals surface area contributed by atoms with E-state index in [0.29, 0.717) is 28.4 Å². The van der Waals surface area contributed by atoms with Gasteiger partial charge in [-0.25, -0.2) is 4.79 Å². The number of hydrogen-bond donors (Lipinski definition) is 1. The first kappa shape index (κ1) is 25.4. The zero-order valence-electron chi connectivity index (χ0n) is 19.3. The van der Waals surface area contributed by atoms with Crippen LogP contribution in [0.3, 0.4) is 0 Å². The van der Waals surface area contributed by atoms with Gasteiger partial charge in [-0.3, -0.25) is 14.5 Å². The Balaban J connectivity index is 2.25. The summed E-state index contributed by atoms with van der Waals surface area (Å²) in [6, 6.07) is 7.32. The zero-order valence-corrected chi connectivity index (χ0v) is 20.1. The molecule has 2 aromatic rings. The van der Waals surface area contributed by atoms with Crippen LogP contribution < -0.4 is 10.1 Å². The molecule has 8 nitrogen and oxygen atoms in total. The van der Waals surface area contributed by atoms with Gasteiger partial charge in [0.25, 0.3) is 0 Å². The lowest BCUT2D eigenvalue weighted by Gasteiger charge is -2.22. The molecule has 1 N–H and O–H groups in total. The van der Waals surface area contributed by atoms with Gasteiger partial charge >= 0.3 is 5.97 Å².